The number of fused-ring (bicyclic) bond motifs is 1. The topological polar surface area (TPSA) is 61.3 Å². The van der Waals surface area contributed by atoms with E-state index < -0.39 is 0 Å². The molecule has 4 rings (SSSR count). The van der Waals surface area contributed by atoms with Crippen molar-refractivity contribution < 1.29 is 5.11 Å². The molecule has 1 aliphatic heterocycles. The lowest BCUT2D eigenvalue weighted by molar-refractivity contribution is 0.281. The average molecular weight is 324 g/mol. The SMILES string of the molecule is C[C@H](CO)Nc1nc(C2CC2)cc(N2CCc3ccccc3C2)n1. The maximum Gasteiger partial charge on any atom is 0.225 e. The second-order valence-electron chi connectivity index (χ2n) is 6.92. The van der Waals surface area contributed by atoms with Crippen LogP contribution in [0.25, 0.3) is 0 Å². The number of hydrogen-bond acceptors (Lipinski definition) is 5. The molecule has 1 aromatic carbocycles. The third kappa shape index (κ3) is 3.22. The highest BCUT2D eigenvalue weighted by Gasteiger charge is 2.27. The molecule has 0 amide bonds. The summed E-state index contributed by atoms with van der Waals surface area (Å²) in [5, 5.41) is 12.5. The Balaban J connectivity index is 1.62. The van der Waals surface area contributed by atoms with Crippen molar-refractivity contribution in [3.8, 4) is 0 Å². The lowest BCUT2D eigenvalue weighted by atomic mass is 10.00. The van der Waals surface area contributed by atoms with Gasteiger partial charge in [-0.1, -0.05) is 24.3 Å². The minimum atomic E-state index is -0.0469. The van der Waals surface area contributed by atoms with Crippen LogP contribution in [-0.4, -0.2) is 34.3 Å². The molecule has 2 heterocycles. The number of aliphatic hydroxyl groups is 1. The summed E-state index contributed by atoms with van der Waals surface area (Å²) in [5.74, 6) is 2.21. The van der Waals surface area contributed by atoms with Crippen LogP contribution >= 0.6 is 0 Å². The van der Waals surface area contributed by atoms with E-state index in [0.29, 0.717) is 11.9 Å². The Bertz CT molecular complexity index is 729. The number of aromatic nitrogens is 2. The van der Waals surface area contributed by atoms with E-state index in [1.807, 2.05) is 6.92 Å². The Morgan fingerprint density at radius 3 is 2.79 bits per heavy atom. The molecule has 0 radical (unpaired) electrons. The fraction of sp³-hybridized carbons (Fsp3) is 0.474. The highest BCUT2D eigenvalue weighted by atomic mass is 16.3. The molecule has 5 heteroatoms. The van der Waals surface area contributed by atoms with Crippen LogP contribution in [0.5, 0.6) is 0 Å². The summed E-state index contributed by atoms with van der Waals surface area (Å²) in [7, 11) is 0. The molecule has 0 unspecified atom stereocenters. The van der Waals surface area contributed by atoms with Gasteiger partial charge in [0.2, 0.25) is 5.95 Å². The molecule has 1 aliphatic carbocycles. The van der Waals surface area contributed by atoms with Gasteiger partial charge in [0.15, 0.2) is 0 Å². The monoisotopic (exact) mass is 324 g/mol. The molecule has 0 spiro atoms. The number of benzene rings is 1. The van der Waals surface area contributed by atoms with E-state index in [0.717, 1.165) is 31.0 Å². The Morgan fingerprint density at radius 2 is 2.04 bits per heavy atom. The Morgan fingerprint density at radius 1 is 1.25 bits per heavy atom. The van der Waals surface area contributed by atoms with E-state index in [1.165, 1.54) is 24.0 Å². The first kappa shape index (κ1) is 15.4. The number of nitrogens with zero attached hydrogens (tertiary/aromatic N) is 3. The van der Waals surface area contributed by atoms with Gasteiger partial charge in [0.25, 0.3) is 0 Å². The summed E-state index contributed by atoms with van der Waals surface area (Å²) >= 11 is 0. The second kappa shape index (κ2) is 6.40. The number of rotatable bonds is 5. The fourth-order valence-corrected chi connectivity index (χ4v) is 3.22. The normalized spacial score (nSPS) is 18.2. The van der Waals surface area contributed by atoms with Gasteiger partial charge in [-0.05, 0) is 37.3 Å². The lowest BCUT2D eigenvalue weighted by Gasteiger charge is -2.30. The Labute approximate surface area is 142 Å². The first-order valence-electron chi connectivity index (χ1n) is 8.81. The number of anilines is 2. The summed E-state index contributed by atoms with van der Waals surface area (Å²) in [4.78, 5) is 11.7. The van der Waals surface area contributed by atoms with Gasteiger partial charge >= 0.3 is 0 Å². The van der Waals surface area contributed by atoms with Crippen molar-refractivity contribution in [3.63, 3.8) is 0 Å². The molecule has 1 fully saturated rings. The summed E-state index contributed by atoms with van der Waals surface area (Å²) in [6.45, 7) is 3.88. The van der Waals surface area contributed by atoms with Crippen LogP contribution in [-0.2, 0) is 13.0 Å². The minimum absolute atomic E-state index is 0.0469. The predicted molar refractivity (Wildman–Crippen MR) is 95.4 cm³/mol. The third-order valence-electron chi connectivity index (χ3n) is 4.83. The van der Waals surface area contributed by atoms with Crippen molar-refractivity contribution in [1.82, 2.24) is 9.97 Å². The van der Waals surface area contributed by atoms with Crippen LogP contribution in [0.15, 0.2) is 30.3 Å². The standard InChI is InChI=1S/C19H24N4O/c1-13(12-24)20-19-21-17(15-6-7-15)10-18(22-19)23-9-8-14-4-2-3-5-16(14)11-23/h2-5,10,13,15,24H,6-9,11-12H2,1H3,(H,20,21,22)/t13-/m1/s1. The Kier molecular flexibility index (Phi) is 4.10. The van der Waals surface area contributed by atoms with E-state index in [9.17, 15) is 5.11 Å². The summed E-state index contributed by atoms with van der Waals surface area (Å²) < 4.78 is 0. The Hall–Kier alpha value is -2.14. The smallest absolute Gasteiger partial charge is 0.225 e. The van der Waals surface area contributed by atoms with Crippen LogP contribution < -0.4 is 10.2 Å². The molecule has 24 heavy (non-hydrogen) atoms. The number of nitrogens with one attached hydrogen (secondary N) is 1. The van der Waals surface area contributed by atoms with Crippen molar-refractivity contribution in [2.75, 3.05) is 23.4 Å². The third-order valence-corrected chi connectivity index (χ3v) is 4.83. The molecule has 2 aromatic rings. The average Bonchev–Trinajstić information content (AvgIpc) is 3.46. The van der Waals surface area contributed by atoms with E-state index >= 15 is 0 Å². The quantitative estimate of drug-likeness (QED) is 0.885. The summed E-state index contributed by atoms with van der Waals surface area (Å²) in [6.07, 6.45) is 3.48. The van der Waals surface area contributed by atoms with Crippen LogP contribution in [0, 0.1) is 0 Å². The van der Waals surface area contributed by atoms with Gasteiger partial charge in [-0.2, -0.15) is 4.98 Å². The zero-order valence-electron chi connectivity index (χ0n) is 14.1. The second-order valence-corrected chi connectivity index (χ2v) is 6.92. The van der Waals surface area contributed by atoms with Gasteiger partial charge in [-0.15, -0.1) is 0 Å². The lowest BCUT2D eigenvalue weighted by Crippen LogP contribution is -2.31. The van der Waals surface area contributed by atoms with Gasteiger partial charge in [-0.25, -0.2) is 4.98 Å². The van der Waals surface area contributed by atoms with Crippen LogP contribution in [0.3, 0.4) is 0 Å². The molecule has 0 bridgehead atoms. The predicted octanol–water partition coefficient (Wildman–Crippen LogP) is 2.71. The zero-order valence-corrected chi connectivity index (χ0v) is 14.1. The number of hydrogen-bond donors (Lipinski definition) is 2. The van der Waals surface area contributed by atoms with Crippen LogP contribution in [0.2, 0.25) is 0 Å². The van der Waals surface area contributed by atoms with Gasteiger partial charge in [0, 0.05) is 31.1 Å². The minimum Gasteiger partial charge on any atom is -0.394 e. The summed E-state index contributed by atoms with van der Waals surface area (Å²) in [6, 6.07) is 10.8. The molecular formula is C19H24N4O. The van der Waals surface area contributed by atoms with Crippen molar-refractivity contribution >= 4 is 11.8 Å². The molecule has 1 aromatic heterocycles. The molecule has 1 saturated carbocycles. The first-order chi connectivity index (χ1) is 11.7. The summed E-state index contributed by atoms with van der Waals surface area (Å²) in [5.41, 5.74) is 3.96. The fourth-order valence-electron chi connectivity index (χ4n) is 3.22. The maximum absolute atomic E-state index is 9.29. The molecule has 2 N–H and O–H groups in total. The van der Waals surface area contributed by atoms with Crippen molar-refractivity contribution in [3.05, 3.63) is 47.2 Å². The number of aliphatic hydroxyl groups excluding tert-OH is 1. The van der Waals surface area contributed by atoms with E-state index in [2.05, 4.69) is 45.5 Å². The first-order valence-corrected chi connectivity index (χ1v) is 8.81. The molecule has 5 nitrogen and oxygen atoms in total. The van der Waals surface area contributed by atoms with E-state index in [1.54, 1.807) is 0 Å². The van der Waals surface area contributed by atoms with Crippen molar-refractivity contribution in [2.24, 2.45) is 0 Å². The van der Waals surface area contributed by atoms with Crippen LogP contribution in [0.4, 0.5) is 11.8 Å². The molecule has 126 valence electrons. The highest BCUT2D eigenvalue weighted by Crippen LogP contribution is 2.40. The highest BCUT2D eigenvalue weighted by molar-refractivity contribution is 5.49. The van der Waals surface area contributed by atoms with E-state index in [4.69, 9.17) is 4.98 Å². The molecule has 0 saturated heterocycles. The van der Waals surface area contributed by atoms with E-state index in [-0.39, 0.29) is 12.6 Å². The maximum atomic E-state index is 9.29. The van der Waals surface area contributed by atoms with Gasteiger partial charge in [0.1, 0.15) is 5.82 Å². The molecule has 2 aliphatic rings. The van der Waals surface area contributed by atoms with Gasteiger partial charge in [0.05, 0.1) is 12.3 Å². The van der Waals surface area contributed by atoms with Gasteiger partial charge in [-0.3, -0.25) is 0 Å². The van der Waals surface area contributed by atoms with Gasteiger partial charge < -0.3 is 15.3 Å². The molecule has 1 atom stereocenters. The van der Waals surface area contributed by atoms with Crippen LogP contribution in [0.1, 0.15) is 42.5 Å². The van der Waals surface area contributed by atoms with Crippen molar-refractivity contribution in [1.29, 1.82) is 0 Å². The van der Waals surface area contributed by atoms with Crippen molar-refractivity contribution in [2.45, 2.75) is 44.7 Å². The largest absolute Gasteiger partial charge is 0.394 e. The zero-order chi connectivity index (χ0) is 16.5. The molecular weight excluding hydrogens is 300 g/mol.